The van der Waals surface area contributed by atoms with E-state index in [1.807, 2.05) is 24.5 Å². The van der Waals surface area contributed by atoms with Gasteiger partial charge in [-0.15, -0.1) is 0 Å². The number of nitrogens with zero attached hydrogens (tertiary/aromatic N) is 1. The molecular formula is C16H15N3O4. The molecule has 3 rings (SSSR count). The zero-order valence-corrected chi connectivity index (χ0v) is 12.7. The van der Waals surface area contributed by atoms with Gasteiger partial charge in [-0.1, -0.05) is 32.0 Å². The van der Waals surface area contributed by atoms with Crippen molar-refractivity contribution >= 4 is 35.0 Å². The van der Waals surface area contributed by atoms with Crippen molar-refractivity contribution in [1.82, 2.24) is 10.6 Å². The van der Waals surface area contributed by atoms with Crippen LogP contribution < -0.4 is 15.5 Å². The Morgan fingerprint density at radius 3 is 2.17 bits per heavy atom. The number of hydrogen-bond acceptors (Lipinski definition) is 4. The average Bonchev–Trinajstić information content (AvgIpc) is 2.72. The van der Waals surface area contributed by atoms with Crippen LogP contribution in [-0.2, 0) is 14.4 Å². The first kappa shape index (κ1) is 15.0. The predicted molar refractivity (Wildman–Crippen MR) is 82.2 cm³/mol. The summed E-state index contributed by atoms with van der Waals surface area (Å²) in [5.41, 5.74) is 0.885. The van der Waals surface area contributed by atoms with Crippen molar-refractivity contribution in [2.45, 2.75) is 13.8 Å². The number of nitrogens with one attached hydrogen (secondary N) is 2. The highest BCUT2D eigenvalue weighted by molar-refractivity contribution is 6.44. The first-order chi connectivity index (χ1) is 10.9. The first-order valence-corrected chi connectivity index (χ1v) is 7.22. The second-order valence-electron chi connectivity index (χ2n) is 5.81. The first-order valence-electron chi connectivity index (χ1n) is 7.22. The van der Waals surface area contributed by atoms with Gasteiger partial charge in [0.1, 0.15) is 5.57 Å². The van der Waals surface area contributed by atoms with E-state index in [1.165, 1.54) is 0 Å². The molecule has 0 spiro atoms. The summed E-state index contributed by atoms with van der Waals surface area (Å²) in [6.07, 6.45) is 0. The number of anilines is 1. The maximum atomic E-state index is 12.8. The van der Waals surface area contributed by atoms with Crippen molar-refractivity contribution in [3.63, 3.8) is 0 Å². The van der Waals surface area contributed by atoms with Gasteiger partial charge in [-0.2, -0.15) is 0 Å². The van der Waals surface area contributed by atoms with E-state index in [9.17, 15) is 19.2 Å². The summed E-state index contributed by atoms with van der Waals surface area (Å²) in [5, 5.41) is 4.01. The third-order valence-corrected chi connectivity index (χ3v) is 3.63. The number of carbonyl (C=O) groups is 4. The molecular weight excluding hydrogens is 298 g/mol. The standard InChI is InChI=1S/C16H15N3O4/c1-8(2)7-19-10-6-4-3-5-9(10)11(15(19)22)12-13(20)17-16(23)18-14(12)21/h3-6,8H,7H2,1-2H3,(H2,17,18,20,21,23). The van der Waals surface area contributed by atoms with Crippen LogP contribution >= 0.6 is 0 Å². The Hall–Kier alpha value is -2.96. The van der Waals surface area contributed by atoms with E-state index in [-0.39, 0.29) is 17.1 Å². The van der Waals surface area contributed by atoms with Crippen molar-refractivity contribution in [1.29, 1.82) is 0 Å². The van der Waals surface area contributed by atoms with Gasteiger partial charge < -0.3 is 4.90 Å². The fraction of sp³-hybridized carbons (Fsp3) is 0.250. The van der Waals surface area contributed by atoms with Crippen LogP contribution in [0.1, 0.15) is 19.4 Å². The molecule has 2 aliphatic heterocycles. The van der Waals surface area contributed by atoms with Crippen LogP contribution in [0.4, 0.5) is 10.5 Å². The number of benzene rings is 1. The smallest absolute Gasteiger partial charge is 0.307 e. The van der Waals surface area contributed by atoms with E-state index in [1.54, 1.807) is 29.2 Å². The maximum absolute atomic E-state index is 12.8. The summed E-state index contributed by atoms with van der Waals surface area (Å²) >= 11 is 0. The zero-order chi connectivity index (χ0) is 16.7. The van der Waals surface area contributed by atoms with E-state index >= 15 is 0 Å². The Kier molecular flexibility index (Phi) is 3.48. The number of carbonyl (C=O) groups excluding carboxylic acids is 4. The molecule has 2 N–H and O–H groups in total. The lowest BCUT2D eigenvalue weighted by Crippen LogP contribution is -2.52. The number of hydrogen-bond donors (Lipinski definition) is 2. The van der Waals surface area contributed by atoms with Crippen molar-refractivity contribution < 1.29 is 19.2 Å². The van der Waals surface area contributed by atoms with Gasteiger partial charge in [-0.25, -0.2) is 4.79 Å². The summed E-state index contributed by atoms with van der Waals surface area (Å²) in [6, 6.07) is 6.09. The number of imide groups is 2. The third kappa shape index (κ3) is 2.40. The van der Waals surface area contributed by atoms with Crippen LogP contribution in [0, 0.1) is 5.92 Å². The van der Waals surface area contributed by atoms with E-state index < -0.39 is 23.8 Å². The molecule has 2 heterocycles. The molecule has 1 aromatic rings. The van der Waals surface area contributed by atoms with Crippen LogP contribution in [0.5, 0.6) is 0 Å². The highest BCUT2D eigenvalue weighted by Gasteiger charge is 2.40. The molecule has 2 aliphatic rings. The lowest BCUT2D eigenvalue weighted by Gasteiger charge is -2.19. The van der Waals surface area contributed by atoms with Gasteiger partial charge in [0.25, 0.3) is 17.7 Å². The quantitative estimate of drug-likeness (QED) is 0.624. The molecule has 1 fully saturated rings. The van der Waals surface area contributed by atoms with E-state index in [0.29, 0.717) is 17.8 Å². The van der Waals surface area contributed by atoms with E-state index in [2.05, 4.69) is 0 Å². The minimum absolute atomic E-state index is 0.0313. The summed E-state index contributed by atoms with van der Waals surface area (Å²) in [5.74, 6) is -1.91. The minimum atomic E-state index is -0.887. The molecule has 7 heteroatoms. The molecule has 1 aromatic carbocycles. The molecule has 0 atom stereocenters. The molecule has 1 saturated heterocycles. The van der Waals surface area contributed by atoms with E-state index in [4.69, 9.17) is 0 Å². The summed E-state index contributed by atoms with van der Waals surface area (Å²) in [7, 11) is 0. The highest BCUT2D eigenvalue weighted by Crippen LogP contribution is 2.39. The molecule has 0 bridgehead atoms. The van der Waals surface area contributed by atoms with Gasteiger partial charge in [-0.05, 0) is 12.0 Å². The van der Waals surface area contributed by atoms with Gasteiger partial charge in [0.05, 0.1) is 11.3 Å². The van der Waals surface area contributed by atoms with Gasteiger partial charge in [0.15, 0.2) is 0 Å². The normalized spacial score (nSPS) is 17.6. The second kappa shape index (κ2) is 5.35. The fourth-order valence-electron chi connectivity index (χ4n) is 2.76. The molecule has 0 aromatic heterocycles. The van der Waals surface area contributed by atoms with Crippen molar-refractivity contribution in [3.8, 4) is 0 Å². The van der Waals surface area contributed by atoms with Crippen LogP contribution in [0.2, 0.25) is 0 Å². The van der Waals surface area contributed by atoms with Crippen molar-refractivity contribution in [2.24, 2.45) is 5.92 Å². The lowest BCUT2D eigenvalue weighted by atomic mass is 9.99. The molecule has 0 saturated carbocycles. The fourth-order valence-corrected chi connectivity index (χ4v) is 2.76. The topological polar surface area (TPSA) is 95.6 Å². The maximum Gasteiger partial charge on any atom is 0.328 e. The molecule has 0 aliphatic carbocycles. The molecule has 23 heavy (non-hydrogen) atoms. The number of para-hydroxylation sites is 1. The van der Waals surface area contributed by atoms with E-state index in [0.717, 1.165) is 0 Å². The average molecular weight is 313 g/mol. The van der Waals surface area contributed by atoms with Crippen molar-refractivity contribution in [3.05, 3.63) is 35.4 Å². The SMILES string of the molecule is CC(C)CN1C(=O)C(=C2C(=O)NC(=O)NC2=O)c2ccccc21. The Labute approximate surface area is 132 Å². The molecule has 0 unspecified atom stereocenters. The van der Waals surface area contributed by atoms with Crippen molar-refractivity contribution in [2.75, 3.05) is 11.4 Å². The van der Waals surface area contributed by atoms with Gasteiger partial charge in [0, 0.05) is 12.1 Å². The van der Waals surface area contributed by atoms with Gasteiger partial charge in [-0.3, -0.25) is 25.0 Å². The molecule has 0 radical (unpaired) electrons. The lowest BCUT2D eigenvalue weighted by molar-refractivity contribution is -0.124. The summed E-state index contributed by atoms with van der Waals surface area (Å²) in [4.78, 5) is 49.7. The number of amides is 5. The van der Waals surface area contributed by atoms with Crippen LogP contribution in [0.15, 0.2) is 29.8 Å². The third-order valence-electron chi connectivity index (χ3n) is 3.63. The Morgan fingerprint density at radius 2 is 1.57 bits per heavy atom. The number of urea groups is 1. The molecule has 5 amide bonds. The Bertz CT molecular complexity index is 757. The van der Waals surface area contributed by atoms with Gasteiger partial charge in [0.2, 0.25) is 0 Å². The largest absolute Gasteiger partial charge is 0.328 e. The van der Waals surface area contributed by atoms with Crippen LogP contribution in [-0.4, -0.2) is 30.3 Å². The predicted octanol–water partition coefficient (Wildman–Crippen LogP) is 0.809. The summed E-state index contributed by atoms with van der Waals surface area (Å²) < 4.78 is 0. The number of rotatable bonds is 2. The molecule has 7 nitrogen and oxygen atoms in total. The zero-order valence-electron chi connectivity index (χ0n) is 12.7. The van der Waals surface area contributed by atoms with Gasteiger partial charge >= 0.3 is 6.03 Å². The van der Waals surface area contributed by atoms with Crippen LogP contribution in [0.25, 0.3) is 5.57 Å². The Balaban J connectivity index is 2.18. The second-order valence-corrected chi connectivity index (χ2v) is 5.81. The highest BCUT2D eigenvalue weighted by atomic mass is 16.2. The summed E-state index contributed by atoms with van der Waals surface area (Å²) in [6.45, 7) is 4.41. The Morgan fingerprint density at radius 1 is 0.957 bits per heavy atom. The molecule has 118 valence electrons. The number of barbiturate groups is 1. The monoisotopic (exact) mass is 313 g/mol. The minimum Gasteiger partial charge on any atom is -0.307 e. The number of fused-ring (bicyclic) bond motifs is 1. The van der Waals surface area contributed by atoms with Crippen LogP contribution in [0.3, 0.4) is 0 Å².